The highest BCUT2D eigenvalue weighted by Gasteiger charge is 2.48. The standard InChI is InChI=1S/C29H31N5O2/c1-16-11-21(17(2)31-24-6-4-3-5-20(24)29(35)36)27-25(12-16)32-26(13-30)28(33-27)34-14-22-18-7-8-19(10-9-18)23(22)15-34/h3-6,11-12,17-19,22-23,31H,7-10,14-15H2,1-2H3,(H,35,36)/t17-,18?,19?,22?,23?/m1/s1. The zero-order valence-electron chi connectivity index (χ0n) is 20.7. The third kappa shape index (κ3) is 3.76. The van der Waals surface area contributed by atoms with Crippen molar-refractivity contribution in [2.24, 2.45) is 23.7 Å². The zero-order chi connectivity index (χ0) is 25.0. The Kier molecular flexibility index (Phi) is 5.55. The lowest BCUT2D eigenvalue weighted by molar-refractivity contribution is 0.0577. The highest BCUT2D eigenvalue weighted by atomic mass is 16.4. The van der Waals surface area contributed by atoms with Crippen molar-refractivity contribution in [1.29, 1.82) is 5.26 Å². The van der Waals surface area contributed by atoms with Crippen molar-refractivity contribution in [1.82, 2.24) is 9.97 Å². The van der Waals surface area contributed by atoms with E-state index in [9.17, 15) is 15.2 Å². The van der Waals surface area contributed by atoms with Crippen LogP contribution in [0.15, 0.2) is 36.4 Å². The Morgan fingerprint density at radius 1 is 1.11 bits per heavy atom. The Balaban J connectivity index is 1.39. The van der Waals surface area contributed by atoms with E-state index in [0.29, 0.717) is 34.6 Å². The van der Waals surface area contributed by atoms with Gasteiger partial charge >= 0.3 is 5.97 Å². The fourth-order valence-electron chi connectivity index (χ4n) is 7.08. The molecule has 1 aromatic heterocycles. The van der Waals surface area contributed by atoms with Crippen LogP contribution in [-0.2, 0) is 0 Å². The lowest BCUT2D eigenvalue weighted by atomic mass is 9.60. The van der Waals surface area contributed by atoms with Crippen molar-refractivity contribution >= 4 is 28.5 Å². The number of carboxylic acid groups (broad SMARTS) is 1. The van der Waals surface area contributed by atoms with Crippen LogP contribution in [0.3, 0.4) is 0 Å². The van der Waals surface area contributed by atoms with Gasteiger partial charge in [0.25, 0.3) is 0 Å². The number of hydrogen-bond acceptors (Lipinski definition) is 6. The van der Waals surface area contributed by atoms with Gasteiger partial charge in [0, 0.05) is 24.3 Å². The minimum atomic E-state index is -0.968. The number of nitriles is 1. The topological polar surface area (TPSA) is 102 Å². The van der Waals surface area contributed by atoms with Crippen molar-refractivity contribution < 1.29 is 9.90 Å². The van der Waals surface area contributed by atoms with Gasteiger partial charge in [0.1, 0.15) is 6.07 Å². The van der Waals surface area contributed by atoms with Crippen LogP contribution in [0.2, 0.25) is 0 Å². The number of rotatable bonds is 5. The summed E-state index contributed by atoms with van der Waals surface area (Å²) in [5, 5.41) is 23.0. The molecule has 184 valence electrons. The summed E-state index contributed by atoms with van der Waals surface area (Å²) in [6.45, 7) is 5.93. The second kappa shape index (κ2) is 8.77. The summed E-state index contributed by atoms with van der Waals surface area (Å²) < 4.78 is 0. The van der Waals surface area contributed by atoms with Crippen LogP contribution < -0.4 is 10.2 Å². The monoisotopic (exact) mass is 481 g/mol. The van der Waals surface area contributed by atoms with Crippen LogP contribution in [-0.4, -0.2) is 34.1 Å². The molecular formula is C29H31N5O2. The van der Waals surface area contributed by atoms with Crippen LogP contribution >= 0.6 is 0 Å². The van der Waals surface area contributed by atoms with Crippen LogP contribution in [0.5, 0.6) is 0 Å². The van der Waals surface area contributed by atoms with Crippen LogP contribution in [0.4, 0.5) is 11.5 Å². The van der Waals surface area contributed by atoms with Crippen LogP contribution in [0.25, 0.3) is 11.0 Å². The van der Waals surface area contributed by atoms with Crippen molar-refractivity contribution in [3.63, 3.8) is 0 Å². The molecule has 3 aromatic rings. The SMILES string of the molecule is Cc1cc([C@@H](C)Nc2ccccc2C(=O)O)c2nc(N3CC4C5CCC(CC5)C4C3)c(C#N)nc2c1. The van der Waals surface area contributed by atoms with E-state index >= 15 is 0 Å². The van der Waals surface area contributed by atoms with E-state index in [1.54, 1.807) is 18.2 Å². The first kappa shape index (κ1) is 22.8. The maximum Gasteiger partial charge on any atom is 0.337 e. The van der Waals surface area contributed by atoms with Crippen molar-refractivity contribution in [2.75, 3.05) is 23.3 Å². The van der Waals surface area contributed by atoms with Crippen molar-refractivity contribution in [2.45, 2.75) is 45.6 Å². The molecule has 7 heteroatoms. The summed E-state index contributed by atoms with van der Waals surface area (Å²) >= 11 is 0. The predicted molar refractivity (Wildman–Crippen MR) is 139 cm³/mol. The fourth-order valence-corrected chi connectivity index (χ4v) is 7.08. The number of carbonyl (C=O) groups is 1. The first-order valence-corrected chi connectivity index (χ1v) is 13.0. The van der Waals surface area contributed by atoms with Gasteiger partial charge in [0.05, 0.1) is 22.6 Å². The first-order chi connectivity index (χ1) is 17.4. The Hall–Kier alpha value is -3.66. The van der Waals surface area contributed by atoms with E-state index in [2.05, 4.69) is 22.4 Å². The number of carboxylic acids is 1. The smallest absolute Gasteiger partial charge is 0.337 e. The minimum Gasteiger partial charge on any atom is -0.478 e. The van der Waals surface area contributed by atoms with Gasteiger partial charge in [-0.15, -0.1) is 0 Å². The summed E-state index contributed by atoms with van der Waals surface area (Å²) in [6.07, 6.45) is 5.38. The molecule has 2 aromatic carbocycles. The lowest BCUT2D eigenvalue weighted by Crippen LogP contribution is -2.38. The number of para-hydroxylation sites is 1. The summed E-state index contributed by atoms with van der Waals surface area (Å²) in [5.74, 6) is 2.74. The highest BCUT2D eigenvalue weighted by molar-refractivity contribution is 5.94. The van der Waals surface area contributed by atoms with Crippen molar-refractivity contribution in [3.05, 3.63) is 58.8 Å². The van der Waals surface area contributed by atoms with Gasteiger partial charge in [-0.2, -0.15) is 5.26 Å². The second-order valence-corrected chi connectivity index (χ2v) is 10.9. The molecule has 0 radical (unpaired) electrons. The number of nitrogens with one attached hydrogen (secondary N) is 1. The maximum absolute atomic E-state index is 11.7. The van der Waals surface area contributed by atoms with Gasteiger partial charge in [-0.05, 0) is 87.0 Å². The van der Waals surface area contributed by atoms with E-state index < -0.39 is 5.97 Å². The molecule has 2 unspecified atom stereocenters. The number of aryl methyl sites for hydroxylation is 1. The van der Waals surface area contributed by atoms with Gasteiger partial charge in [-0.25, -0.2) is 14.8 Å². The van der Waals surface area contributed by atoms with Crippen LogP contribution in [0.1, 0.15) is 65.8 Å². The molecule has 4 fully saturated rings. The zero-order valence-corrected chi connectivity index (χ0v) is 20.7. The predicted octanol–water partition coefficient (Wildman–Crippen LogP) is 5.55. The third-order valence-corrected chi connectivity index (χ3v) is 8.77. The Labute approximate surface area is 211 Å². The highest BCUT2D eigenvalue weighted by Crippen LogP contribution is 2.52. The number of aromatic carboxylic acids is 1. The van der Waals surface area contributed by atoms with E-state index in [-0.39, 0.29) is 11.6 Å². The van der Waals surface area contributed by atoms with Gasteiger partial charge in [-0.3, -0.25) is 0 Å². The average Bonchev–Trinajstić information content (AvgIpc) is 3.36. The van der Waals surface area contributed by atoms with E-state index in [4.69, 9.17) is 9.97 Å². The number of fused-ring (bicyclic) bond motifs is 3. The fraction of sp³-hybridized carbons (Fsp3) is 0.448. The molecular weight excluding hydrogens is 450 g/mol. The minimum absolute atomic E-state index is 0.208. The number of nitrogens with zero attached hydrogens (tertiary/aromatic N) is 4. The maximum atomic E-state index is 11.7. The number of benzene rings is 2. The Bertz CT molecular complexity index is 1370. The normalized spacial score (nSPS) is 25.4. The molecule has 1 aliphatic heterocycles. The molecule has 7 nitrogen and oxygen atoms in total. The molecule has 7 rings (SSSR count). The van der Waals surface area contributed by atoms with Gasteiger partial charge < -0.3 is 15.3 Å². The van der Waals surface area contributed by atoms with Gasteiger partial charge in [-0.1, -0.05) is 18.2 Å². The summed E-state index contributed by atoms with van der Waals surface area (Å²) in [6, 6.07) is 13.1. The summed E-state index contributed by atoms with van der Waals surface area (Å²) in [4.78, 5) is 23.9. The van der Waals surface area contributed by atoms with E-state index in [0.717, 1.165) is 41.6 Å². The second-order valence-electron chi connectivity index (χ2n) is 10.9. The van der Waals surface area contributed by atoms with E-state index in [1.807, 2.05) is 26.0 Å². The Morgan fingerprint density at radius 3 is 2.42 bits per heavy atom. The molecule has 3 aliphatic carbocycles. The molecule has 1 saturated heterocycles. The van der Waals surface area contributed by atoms with Crippen LogP contribution in [0, 0.1) is 41.9 Å². The number of hydrogen-bond donors (Lipinski definition) is 2. The van der Waals surface area contributed by atoms with Crippen molar-refractivity contribution in [3.8, 4) is 6.07 Å². The number of aromatic nitrogens is 2. The molecule has 0 spiro atoms. The summed E-state index contributed by atoms with van der Waals surface area (Å²) in [5.41, 5.74) is 4.61. The van der Waals surface area contributed by atoms with Gasteiger partial charge in [0.2, 0.25) is 0 Å². The van der Waals surface area contributed by atoms with E-state index in [1.165, 1.54) is 25.7 Å². The third-order valence-electron chi connectivity index (χ3n) is 8.77. The lowest BCUT2D eigenvalue weighted by Gasteiger charge is -2.44. The van der Waals surface area contributed by atoms with Gasteiger partial charge in [0.15, 0.2) is 11.5 Å². The molecule has 2 bridgehead atoms. The largest absolute Gasteiger partial charge is 0.478 e. The molecule has 4 aliphatic rings. The molecule has 36 heavy (non-hydrogen) atoms. The first-order valence-electron chi connectivity index (χ1n) is 13.0. The molecule has 2 N–H and O–H groups in total. The molecule has 3 atom stereocenters. The Morgan fingerprint density at radius 2 is 1.78 bits per heavy atom. The summed E-state index contributed by atoms with van der Waals surface area (Å²) in [7, 11) is 0. The number of anilines is 2. The molecule has 0 amide bonds. The molecule has 2 heterocycles. The quantitative estimate of drug-likeness (QED) is 0.492. The average molecular weight is 482 g/mol. The molecule has 3 saturated carbocycles.